The SMILES string of the molecule is CCC(NC(=O)Cc1cccc(OC)c1)c1nc(C)cs1. The Morgan fingerprint density at radius 1 is 1.48 bits per heavy atom. The highest BCUT2D eigenvalue weighted by molar-refractivity contribution is 7.09. The van der Waals surface area contributed by atoms with Crippen molar-refractivity contribution >= 4 is 17.2 Å². The lowest BCUT2D eigenvalue weighted by Gasteiger charge is -2.14. The van der Waals surface area contributed by atoms with Crippen LogP contribution in [0.15, 0.2) is 29.6 Å². The minimum absolute atomic E-state index is 0.00274. The van der Waals surface area contributed by atoms with Crippen molar-refractivity contribution in [3.8, 4) is 5.75 Å². The molecule has 1 aromatic carbocycles. The first-order chi connectivity index (χ1) is 10.1. The molecular formula is C16H20N2O2S. The fourth-order valence-electron chi connectivity index (χ4n) is 2.08. The number of benzene rings is 1. The van der Waals surface area contributed by atoms with Gasteiger partial charge in [-0.15, -0.1) is 11.3 Å². The summed E-state index contributed by atoms with van der Waals surface area (Å²) in [5.74, 6) is 0.769. The van der Waals surface area contributed by atoms with Crippen LogP contribution in [-0.4, -0.2) is 18.0 Å². The van der Waals surface area contributed by atoms with E-state index in [0.29, 0.717) is 6.42 Å². The number of carbonyl (C=O) groups is 1. The molecule has 2 aromatic rings. The van der Waals surface area contributed by atoms with E-state index in [9.17, 15) is 4.79 Å². The minimum atomic E-state index is -0.0122. The lowest BCUT2D eigenvalue weighted by molar-refractivity contribution is -0.121. The molecule has 0 aliphatic rings. The first-order valence-electron chi connectivity index (χ1n) is 6.96. The van der Waals surface area contributed by atoms with Gasteiger partial charge in [-0.1, -0.05) is 19.1 Å². The maximum atomic E-state index is 12.2. The Morgan fingerprint density at radius 3 is 2.90 bits per heavy atom. The van der Waals surface area contributed by atoms with Crippen LogP contribution in [0.2, 0.25) is 0 Å². The summed E-state index contributed by atoms with van der Waals surface area (Å²) in [4.78, 5) is 16.6. The molecule has 5 heteroatoms. The van der Waals surface area contributed by atoms with Crippen LogP contribution in [0.3, 0.4) is 0 Å². The third kappa shape index (κ3) is 4.29. The third-order valence-electron chi connectivity index (χ3n) is 3.18. The number of rotatable bonds is 6. The van der Waals surface area contributed by atoms with Gasteiger partial charge in [-0.2, -0.15) is 0 Å². The molecule has 1 N–H and O–H groups in total. The van der Waals surface area contributed by atoms with Crippen LogP contribution in [0.5, 0.6) is 5.75 Å². The van der Waals surface area contributed by atoms with Gasteiger partial charge in [-0.05, 0) is 31.0 Å². The Balaban J connectivity index is 1.99. The van der Waals surface area contributed by atoms with E-state index in [2.05, 4.69) is 10.3 Å². The van der Waals surface area contributed by atoms with E-state index in [1.807, 2.05) is 43.5 Å². The van der Waals surface area contributed by atoms with Crippen LogP contribution in [0.1, 0.15) is 35.7 Å². The quantitative estimate of drug-likeness (QED) is 0.891. The van der Waals surface area contributed by atoms with Crippen LogP contribution in [0.25, 0.3) is 0 Å². The lowest BCUT2D eigenvalue weighted by Crippen LogP contribution is -2.29. The molecule has 1 amide bonds. The van der Waals surface area contributed by atoms with Crippen molar-refractivity contribution in [3.63, 3.8) is 0 Å². The summed E-state index contributed by atoms with van der Waals surface area (Å²) in [6.07, 6.45) is 1.18. The van der Waals surface area contributed by atoms with Gasteiger partial charge < -0.3 is 10.1 Å². The van der Waals surface area contributed by atoms with Crippen LogP contribution in [0.4, 0.5) is 0 Å². The number of methoxy groups -OCH3 is 1. The van der Waals surface area contributed by atoms with Gasteiger partial charge in [-0.25, -0.2) is 4.98 Å². The molecule has 0 fully saturated rings. The number of hydrogen-bond donors (Lipinski definition) is 1. The van der Waals surface area contributed by atoms with E-state index in [1.54, 1.807) is 18.4 Å². The zero-order valence-corrected chi connectivity index (χ0v) is 13.4. The van der Waals surface area contributed by atoms with Crippen LogP contribution >= 0.6 is 11.3 Å². The van der Waals surface area contributed by atoms with E-state index in [0.717, 1.165) is 28.4 Å². The molecule has 4 nitrogen and oxygen atoms in total. The minimum Gasteiger partial charge on any atom is -0.497 e. The highest BCUT2D eigenvalue weighted by atomic mass is 32.1. The average Bonchev–Trinajstić information content (AvgIpc) is 2.91. The van der Waals surface area contributed by atoms with Crippen LogP contribution < -0.4 is 10.1 Å². The van der Waals surface area contributed by atoms with Crippen molar-refractivity contribution in [1.29, 1.82) is 0 Å². The van der Waals surface area contributed by atoms with Gasteiger partial charge >= 0.3 is 0 Å². The van der Waals surface area contributed by atoms with E-state index in [4.69, 9.17) is 4.74 Å². The summed E-state index contributed by atoms with van der Waals surface area (Å²) >= 11 is 1.59. The van der Waals surface area contributed by atoms with Crippen molar-refractivity contribution in [2.75, 3.05) is 7.11 Å². The topological polar surface area (TPSA) is 51.2 Å². The summed E-state index contributed by atoms with van der Waals surface area (Å²) in [6, 6.07) is 7.56. The molecule has 1 atom stereocenters. The van der Waals surface area contributed by atoms with Gasteiger partial charge in [0, 0.05) is 11.1 Å². The molecular weight excluding hydrogens is 284 g/mol. The molecule has 1 heterocycles. The van der Waals surface area contributed by atoms with Crippen molar-refractivity contribution in [3.05, 3.63) is 45.9 Å². The number of aryl methyl sites for hydroxylation is 1. The van der Waals surface area contributed by atoms with Crippen molar-refractivity contribution < 1.29 is 9.53 Å². The monoisotopic (exact) mass is 304 g/mol. The number of nitrogens with one attached hydrogen (secondary N) is 1. The Labute approximate surface area is 129 Å². The number of ether oxygens (including phenoxy) is 1. The zero-order valence-electron chi connectivity index (χ0n) is 12.6. The zero-order chi connectivity index (χ0) is 15.2. The number of aromatic nitrogens is 1. The summed E-state index contributed by atoms with van der Waals surface area (Å²) in [7, 11) is 1.62. The molecule has 2 rings (SSSR count). The summed E-state index contributed by atoms with van der Waals surface area (Å²) in [5, 5.41) is 6.02. The number of carbonyl (C=O) groups excluding carboxylic acids is 1. The second-order valence-electron chi connectivity index (χ2n) is 4.88. The molecule has 0 bridgehead atoms. The maximum Gasteiger partial charge on any atom is 0.224 e. The normalized spacial score (nSPS) is 12.0. The van der Waals surface area contributed by atoms with Gasteiger partial charge in [0.25, 0.3) is 0 Å². The first-order valence-corrected chi connectivity index (χ1v) is 7.84. The van der Waals surface area contributed by atoms with E-state index in [-0.39, 0.29) is 11.9 Å². The second kappa shape index (κ2) is 7.22. The molecule has 112 valence electrons. The molecule has 1 aromatic heterocycles. The maximum absolute atomic E-state index is 12.2. The number of hydrogen-bond acceptors (Lipinski definition) is 4. The Morgan fingerprint density at radius 2 is 2.29 bits per heavy atom. The summed E-state index contributed by atoms with van der Waals surface area (Å²) in [5.41, 5.74) is 1.94. The number of nitrogens with zero attached hydrogens (tertiary/aromatic N) is 1. The molecule has 0 spiro atoms. The largest absolute Gasteiger partial charge is 0.497 e. The standard InChI is InChI=1S/C16H20N2O2S/c1-4-14(16-17-11(2)10-21-16)18-15(19)9-12-6-5-7-13(8-12)20-3/h5-8,10,14H,4,9H2,1-3H3,(H,18,19). The predicted molar refractivity (Wildman–Crippen MR) is 84.7 cm³/mol. The average molecular weight is 304 g/mol. The summed E-state index contributed by atoms with van der Waals surface area (Å²) < 4.78 is 5.17. The molecule has 0 saturated heterocycles. The molecule has 0 aliphatic heterocycles. The van der Waals surface area contributed by atoms with Crippen molar-refractivity contribution in [2.45, 2.75) is 32.7 Å². The molecule has 0 saturated carbocycles. The van der Waals surface area contributed by atoms with Gasteiger partial charge in [0.15, 0.2) is 0 Å². The first kappa shape index (κ1) is 15.5. The molecule has 1 unspecified atom stereocenters. The second-order valence-corrected chi connectivity index (χ2v) is 5.77. The lowest BCUT2D eigenvalue weighted by atomic mass is 10.1. The van der Waals surface area contributed by atoms with Gasteiger partial charge in [0.1, 0.15) is 10.8 Å². The molecule has 0 radical (unpaired) electrons. The highest BCUT2D eigenvalue weighted by Crippen LogP contribution is 2.21. The van der Waals surface area contributed by atoms with Gasteiger partial charge in [0.05, 0.1) is 19.6 Å². The Hall–Kier alpha value is -1.88. The van der Waals surface area contributed by atoms with Crippen molar-refractivity contribution in [1.82, 2.24) is 10.3 Å². The third-order valence-corrected chi connectivity index (χ3v) is 4.25. The predicted octanol–water partition coefficient (Wildman–Crippen LogP) is 3.27. The molecule has 0 aliphatic carbocycles. The van der Waals surface area contributed by atoms with Gasteiger partial charge in [-0.3, -0.25) is 4.79 Å². The van der Waals surface area contributed by atoms with Gasteiger partial charge in [0.2, 0.25) is 5.91 Å². The summed E-state index contributed by atoms with van der Waals surface area (Å²) in [6.45, 7) is 4.01. The smallest absolute Gasteiger partial charge is 0.224 e. The fourth-order valence-corrected chi connectivity index (χ4v) is 3.01. The fraction of sp³-hybridized carbons (Fsp3) is 0.375. The van der Waals surface area contributed by atoms with Crippen LogP contribution in [-0.2, 0) is 11.2 Å². The van der Waals surface area contributed by atoms with E-state index in [1.165, 1.54) is 0 Å². The van der Waals surface area contributed by atoms with E-state index >= 15 is 0 Å². The van der Waals surface area contributed by atoms with Crippen molar-refractivity contribution in [2.24, 2.45) is 0 Å². The highest BCUT2D eigenvalue weighted by Gasteiger charge is 2.16. The Bertz CT molecular complexity index is 610. The molecule has 21 heavy (non-hydrogen) atoms. The Kier molecular flexibility index (Phi) is 5.33. The van der Waals surface area contributed by atoms with Crippen LogP contribution in [0, 0.1) is 6.92 Å². The number of thiazole rings is 1. The van der Waals surface area contributed by atoms with E-state index < -0.39 is 0 Å². The number of amides is 1.